The van der Waals surface area contributed by atoms with Gasteiger partial charge in [-0.1, -0.05) is 26.7 Å². The van der Waals surface area contributed by atoms with Crippen molar-refractivity contribution in [2.45, 2.75) is 64.0 Å². The summed E-state index contributed by atoms with van der Waals surface area (Å²) in [6.07, 6.45) is 7.58. The highest BCUT2D eigenvalue weighted by atomic mass is 16.5. The van der Waals surface area contributed by atoms with Gasteiger partial charge < -0.3 is 4.74 Å². The van der Waals surface area contributed by atoms with Crippen LogP contribution in [-0.2, 0) is 4.74 Å². The monoisotopic (exact) mass is 269 g/mol. The largest absolute Gasteiger partial charge is 0.381 e. The fraction of sp³-hybridized carbons (Fsp3) is 1.00. The Labute approximate surface area is 118 Å². The summed E-state index contributed by atoms with van der Waals surface area (Å²) in [6, 6.07) is 0.416. The first kappa shape index (κ1) is 15.2. The minimum Gasteiger partial charge on any atom is -0.381 e. The van der Waals surface area contributed by atoms with E-state index in [0.29, 0.717) is 12.0 Å². The summed E-state index contributed by atoms with van der Waals surface area (Å²) in [7, 11) is 0. The van der Waals surface area contributed by atoms with E-state index in [4.69, 9.17) is 10.6 Å². The van der Waals surface area contributed by atoms with Crippen LogP contribution >= 0.6 is 0 Å². The van der Waals surface area contributed by atoms with Crippen molar-refractivity contribution in [3.05, 3.63) is 0 Å². The van der Waals surface area contributed by atoms with Crippen LogP contribution in [0.1, 0.15) is 52.4 Å². The van der Waals surface area contributed by atoms with Crippen LogP contribution in [0.2, 0.25) is 0 Å². The molecule has 0 spiro atoms. The van der Waals surface area contributed by atoms with Gasteiger partial charge in [-0.15, -0.1) is 0 Å². The number of ether oxygens (including phenoxy) is 1. The van der Waals surface area contributed by atoms with Crippen molar-refractivity contribution in [3.63, 3.8) is 0 Å². The lowest BCUT2D eigenvalue weighted by molar-refractivity contribution is -0.00440. The maximum Gasteiger partial charge on any atom is 0.0469 e. The van der Waals surface area contributed by atoms with Crippen LogP contribution < -0.4 is 11.3 Å². The van der Waals surface area contributed by atoms with E-state index in [9.17, 15) is 0 Å². The molecule has 1 saturated heterocycles. The zero-order chi connectivity index (χ0) is 13.7. The molecule has 1 unspecified atom stereocenters. The first-order valence-electron chi connectivity index (χ1n) is 8.07. The molecule has 4 heteroatoms. The van der Waals surface area contributed by atoms with E-state index in [0.717, 1.165) is 39.1 Å². The van der Waals surface area contributed by atoms with Gasteiger partial charge in [-0.25, -0.2) is 0 Å². The topological polar surface area (TPSA) is 50.5 Å². The van der Waals surface area contributed by atoms with Gasteiger partial charge in [0.1, 0.15) is 0 Å². The van der Waals surface area contributed by atoms with Crippen LogP contribution in [0.5, 0.6) is 0 Å². The summed E-state index contributed by atoms with van der Waals surface area (Å²) < 4.78 is 5.52. The molecule has 19 heavy (non-hydrogen) atoms. The van der Waals surface area contributed by atoms with Crippen molar-refractivity contribution in [1.29, 1.82) is 0 Å². The Kier molecular flexibility index (Phi) is 5.63. The maximum atomic E-state index is 6.00. The first-order chi connectivity index (χ1) is 9.28. The molecule has 1 aliphatic carbocycles. The molecule has 3 N–H and O–H groups in total. The molecular weight excluding hydrogens is 238 g/mol. The number of nitrogens with zero attached hydrogens (tertiary/aromatic N) is 1. The molecule has 4 nitrogen and oxygen atoms in total. The summed E-state index contributed by atoms with van der Waals surface area (Å²) in [5.41, 5.74) is 3.48. The highest BCUT2D eigenvalue weighted by molar-refractivity contribution is 5.05. The number of hydrogen-bond acceptors (Lipinski definition) is 4. The third-order valence-corrected chi connectivity index (χ3v) is 5.36. The summed E-state index contributed by atoms with van der Waals surface area (Å²) in [6.45, 7) is 8.60. The van der Waals surface area contributed by atoms with Gasteiger partial charge in [0.05, 0.1) is 0 Å². The molecule has 2 aliphatic rings. The second-order valence-electron chi connectivity index (χ2n) is 6.08. The SMILES string of the molecule is CCN(CC)C1(C(NN)C2CCOCC2)CCCC1. The number of hydrogen-bond donors (Lipinski definition) is 2. The van der Waals surface area contributed by atoms with Crippen LogP contribution in [0.3, 0.4) is 0 Å². The fourth-order valence-electron chi connectivity index (χ4n) is 4.44. The average molecular weight is 269 g/mol. The standard InChI is InChI=1S/C15H31N3O/c1-3-18(4-2)15(9-5-6-10-15)14(17-16)13-7-11-19-12-8-13/h13-14,17H,3-12,16H2,1-2H3. The second kappa shape index (κ2) is 7.02. The Hall–Kier alpha value is -0.160. The van der Waals surface area contributed by atoms with Crippen molar-refractivity contribution < 1.29 is 4.74 Å². The molecule has 0 bridgehead atoms. The van der Waals surface area contributed by atoms with Gasteiger partial charge in [-0.3, -0.25) is 16.2 Å². The van der Waals surface area contributed by atoms with Crippen LogP contribution in [0, 0.1) is 5.92 Å². The molecule has 2 rings (SSSR count). The Morgan fingerprint density at radius 1 is 1.21 bits per heavy atom. The maximum absolute atomic E-state index is 6.00. The zero-order valence-electron chi connectivity index (χ0n) is 12.7. The molecule has 0 aromatic rings. The van der Waals surface area contributed by atoms with Gasteiger partial charge in [-0.2, -0.15) is 0 Å². The van der Waals surface area contributed by atoms with Gasteiger partial charge in [0.15, 0.2) is 0 Å². The van der Waals surface area contributed by atoms with Crippen LogP contribution in [-0.4, -0.2) is 42.8 Å². The van der Waals surface area contributed by atoms with Gasteiger partial charge in [0.25, 0.3) is 0 Å². The molecule has 112 valence electrons. The fourth-order valence-corrected chi connectivity index (χ4v) is 4.44. The molecule has 1 saturated carbocycles. The van der Waals surface area contributed by atoms with Crippen molar-refractivity contribution >= 4 is 0 Å². The number of nitrogens with two attached hydrogens (primary N) is 1. The smallest absolute Gasteiger partial charge is 0.0469 e. The van der Waals surface area contributed by atoms with E-state index in [1.807, 2.05) is 0 Å². The number of likely N-dealkylation sites (N-methyl/N-ethyl adjacent to an activating group) is 1. The molecule has 1 aliphatic heterocycles. The van der Waals surface area contributed by atoms with E-state index in [1.165, 1.54) is 25.7 Å². The molecule has 2 fully saturated rings. The summed E-state index contributed by atoms with van der Waals surface area (Å²) in [4.78, 5) is 2.65. The molecule has 0 radical (unpaired) electrons. The summed E-state index contributed by atoms with van der Waals surface area (Å²) in [5, 5.41) is 0. The van der Waals surface area contributed by atoms with Gasteiger partial charge in [0.2, 0.25) is 0 Å². The summed E-state index contributed by atoms with van der Waals surface area (Å²) in [5.74, 6) is 6.66. The van der Waals surface area contributed by atoms with Crippen molar-refractivity contribution in [2.24, 2.45) is 11.8 Å². The van der Waals surface area contributed by atoms with E-state index in [1.54, 1.807) is 0 Å². The molecule has 1 heterocycles. The third kappa shape index (κ3) is 2.97. The van der Waals surface area contributed by atoms with E-state index in [2.05, 4.69) is 24.2 Å². The number of hydrazine groups is 1. The van der Waals surface area contributed by atoms with Gasteiger partial charge >= 0.3 is 0 Å². The normalized spacial score (nSPS) is 25.9. The molecule has 0 amide bonds. The highest BCUT2D eigenvalue weighted by Crippen LogP contribution is 2.42. The van der Waals surface area contributed by atoms with Gasteiger partial charge in [0, 0.05) is 24.8 Å². The Balaban J connectivity index is 2.19. The number of rotatable bonds is 6. The number of nitrogens with one attached hydrogen (secondary N) is 1. The van der Waals surface area contributed by atoms with Crippen molar-refractivity contribution in [1.82, 2.24) is 10.3 Å². The van der Waals surface area contributed by atoms with Crippen LogP contribution in [0.25, 0.3) is 0 Å². The highest BCUT2D eigenvalue weighted by Gasteiger charge is 2.47. The lowest BCUT2D eigenvalue weighted by Gasteiger charge is -2.49. The molecular formula is C15H31N3O. The third-order valence-electron chi connectivity index (χ3n) is 5.36. The minimum atomic E-state index is 0.278. The van der Waals surface area contributed by atoms with Crippen LogP contribution in [0.15, 0.2) is 0 Å². The second-order valence-corrected chi connectivity index (χ2v) is 6.08. The molecule has 0 aromatic carbocycles. The lowest BCUT2D eigenvalue weighted by atomic mass is 9.76. The first-order valence-corrected chi connectivity index (χ1v) is 8.07. The zero-order valence-corrected chi connectivity index (χ0v) is 12.7. The van der Waals surface area contributed by atoms with Crippen molar-refractivity contribution in [3.8, 4) is 0 Å². The Morgan fingerprint density at radius 2 is 1.79 bits per heavy atom. The predicted octanol–water partition coefficient (Wildman–Crippen LogP) is 1.90. The van der Waals surface area contributed by atoms with Gasteiger partial charge in [-0.05, 0) is 44.7 Å². The van der Waals surface area contributed by atoms with Crippen molar-refractivity contribution in [2.75, 3.05) is 26.3 Å². The average Bonchev–Trinajstić information content (AvgIpc) is 2.92. The van der Waals surface area contributed by atoms with Crippen LogP contribution in [0.4, 0.5) is 0 Å². The molecule has 0 aromatic heterocycles. The quantitative estimate of drug-likeness (QED) is 0.571. The predicted molar refractivity (Wildman–Crippen MR) is 78.8 cm³/mol. The van der Waals surface area contributed by atoms with E-state index < -0.39 is 0 Å². The molecule has 1 atom stereocenters. The lowest BCUT2D eigenvalue weighted by Crippen LogP contribution is -2.64. The van der Waals surface area contributed by atoms with E-state index in [-0.39, 0.29) is 5.54 Å². The minimum absolute atomic E-state index is 0.278. The summed E-state index contributed by atoms with van der Waals surface area (Å²) >= 11 is 0. The Morgan fingerprint density at radius 3 is 2.26 bits per heavy atom. The van der Waals surface area contributed by atoms with E-state index >= 15 is 0 Å². The Bertz CT molecular complexity index is 256.